The Morgan fingerprint density at radius 2 is 1.80 bits per heavy atom. The molecule has 0 nitrogen and oxygen atoms in total. The van der Waals surface area contributed by atoms with Crippen molar-refractivity contribution in [1.29, 1.82) is 0 Å². The van der Waals surface area contributed by atoms with Crippen LogP contribution in [0.2, 0.25) is 0 Å². The number of rotatable bonds is 2. The summed E-state index contributed by atoms with van der Waals surface area (Å²) < 4.78 is 1.25. The van der Waals surface area contributed by atoms with Gasteiger partial charge >= 0.3 is 99.8 Å². The van der Waals surface area contributed by atoms with Crippen molar-refractivity contribution in [2.45, 2.75) is 25.7 Å². The Morgan fingerprint density at radius 1 is 1.13 bits per heavy atom. The van der Waals surface area contributed by atoms with Crippen molar-refractivity contribution in [1.82, 2.24) is 0 Å². The van der Waals surface area contributed by atoms with E-state index in [-0.39, 0.29) is 5.41 Å². The average Bonchev–Trinajstić information content (AvgIpc) is 2.66. The quantitative estimate of drug-likeness (QED) is 0.690. The molecular weight excluding hydrogens is 224 g/mol. The third kappa shape index (κ3) is 1.95. The van der Waals surface area contributed by atoms with Crippen molar-refractivity contribution in [3.05, 3.63) is 58.1 Å². The van der Waals surface area contributed by atoms with E-state index in [4.69, 9.17) is 0 Å². The average molecular weight is 239 g/mol. The fourth-order valence-electron chi connectivity index (χ4n) is 2.03. The summed E-state index contributed by atoms with van der Waals surface area (Å²) in [6.45, 7) is 4.52. The Morgan fingerprint density at radius 3 is 2.33 bits per heavy atom. The van der Waals surface area contributed by atoms with E-state index in [1.165, 1.54) is 15.6 Å². The first-order valence-electron chi connectivity index (χ1n) is 5.22. The van der Waals surface area contributed by atoms with Crippen LogP contribution in [0.1, 0.15) is 25.8 Å². The SMILES string of the molecule is CC(C)(C1=[C]([Fe])CC=C1)c1ccccc1. The zero-order valence-corrected chi connectivity index (χ0v) is 10.2. The molecule has 0 bridgehead atoms. The minimum absolute atomic E-state index is 0.0747. The molecule has 2 rings (SSSR count). The van der Waals surface area contributed by atoms with Gasteiger partial charge in [0.25, 0.3) is 0 Å². The molecule has 0 amide bonds. The molecule has 0 heterocycles. The van der Waals surface area contributed by atoms with Gasteiger partial charge in [0.15, 0.2) is 0 Å². The Bertz CT molecular complexity index is 410. The Kier molecular flexibility index (Phi) is 2.86. The van der Waals surface area contributed by atoms with Crippen molar-refractivity contribution >= 4 is 0 Å². The number of hydrogen-bond acceptors (Lipinski definition) is 0. The van der Waals surface area contributed by atoms with Gasteiger partial charge in [-0.15, -0.1) is 0 Å². The van der Waals surface area contributed by atoms with Gasteiger partial charge in [-0.05, 0) is 0 Å². The zero-order valence-electron chi connectivity index (χ0n) is 9.10. The van der Waals surface area contributed by atoms with Crippen molar-refractivity contribution in [3.8, 4) is 0 Å². The zero-order chi connectivity index (χ0) is 10.9. The summed E-state index contributed by atoms with van der Waals surface area (Å²) in [6, 6.07) is 10.6. The maximum atomic E-state index is 4.13. The fraction of sp³-hybridized carbons (Fsp3) is 0.286. The molecule has 0 unspecified atom stereocenters. The molecule has 79 valence electrons. The summed E-state index contributed by atoms with van der Waals surface area (Å²) in [7, 11) is 0. The van der Waals surface area contributed by atoms with Crippen LogP contribution in [0.25, 0.3) is 0 Å². The van der Waals surface area contributed by atoms with Crippen LogP contribution < -0.4 is 0 Å². The fourth-order valence-corrected chi connectivity index (χ4v) is 2.59. The Balaban J connectivity index is 2.44. The van der Waals surface area contributed by atoms with E-state index in [1.54, 1.807) is 0 Å². The molecule has 0 saturated carbocycles. The third-order valence-corrected chi connectivity index (χ3v) is 3.55. The van der Waals surface area contributed by atoms with Gasteiger partial charge in [0, 0.05) is 0 Å². The standard InChI is InChI=1S/C14H15.Fe/c1-14(2,13-10-6-7-11-13)12-8-4-3-5-9-12;/h3-6,8-10H,7H2,1-2H3;. The van der Waals surface area contributed by atoms with Crippen LogP contribution in [0.15, 0.2) is 52.5 Å². The minimum atomic E-state index is 0.0747. The second kappa shape index (κ2) is 4.00. The Hall–Kier alpha value is -0.781. The molecule has 1 aromatic carbocycles. The van der Waals surface area contributed by atoms with E-state index in [0.717, 1.165) is 6.42 Å². The van der Waals surface area contributed by atoms with Crippen LogP contribution >= 0.6 is 0 Å². The van der Waals surface area contributed by atoms with Gasteiger partial charge in [0.05, 0.1) is 0 Å². The monoisotopic (exact) mass is 239 g/mol. The molecule has 0 atom stereocenters. The maximum absolute atomic E-state index is 4.13. The van der Waals surface area contributed by atoms with Crippen LogP contribution in [0, 0.1) is 0 Å². The van der Waals surface area contributed by atoms with Crippen LogP contribution in [0.4, 0.5) is 0 Å². The topological polar surface area (TPSA) is 0 Å². The third-order valence-electron chi connectivity index (χ3n) is 3.03. The molecular formula is C14H15Fe. The van der Waals surface area contributed by atoms with E-state index in [9.17, 15) is 0 Å². The van der Waals surface area contributed by atoms with E-state index in [0.29, 0.717) is 0 Å². The summed E-state index contributed by atoms with van der Waals surface area (Å²) in [5.74, 6) is 0. The molecule has 0 fully saturated rings. The first kappa shape index (κ1) is 10.7. The molecule has 1 aliphatic rings. The first-order valence-corrected chi connectivity index (χ1v) is 5.77. The Labute approximate surface area is 99.9 Å². The van der Waals surface area contributed by atoms with Gasteiger partial charge in [-0.3, -0.25) is 0 Å². The van der Waals surface area contributed by atoms with E-state index >= 15 is 0 Å². The molecule has 15 heavy (non-hydrogen) atoms. The number of hydrogen-bond donors (Lipinski definition) is 0. The molecule has 0 spiro atoms. The van der Waals surface area contributed by atoms with Gasteiger partial charge < -0.3 is 0 Å². The van der Waals surface area contributed by atoms with Gasteiger partial charge in [-0.25, -0.2) is 0 Å². The second-order valence-electron chi connectivity index (χ2n) is 4.40. The molecule has 0 radical (unpaired) electrons. The van der Waals surface area contributed by atoms with Crippen LogP contribution in [-0.4, -0.2) is 0 Å². The van der Waals surface area contributed by atoms with Gasteiger partial charge in [0.2, 0.25) is 0 Å². The second-order valence-corrected chi connectivity index (χ2v) is 5.07. The van der Waals surface area contributed by atoms with Crippen molar-refractivity contribution in [3.63, 3.8) is 0 Å². The summed E-state index contributed by atoms with van der Waals surface area (Å²) >= 11 is 4.13. The van der Waals surface area contributed by atoms with Gasteiger partial charge in [0.1, 0.15) is 0 Å². The van der Waals surface area contributed by atoms with Crippen molar-refractivity contribution in [2.75, 3.05) is 0 Å². The first-order chi connectivity index (χ1) is 7.12. The summed E-state index contributed by atoms with van der Waals surface area (Å²) in [6.07, 6.45) is 5.42. The van der Waals surface area contributed by atoms with Gasteiger partial charge in [-0.1, -0.05) is 0 Å². The molecule has 0 saturated heterocycles. The predicted octanol–water partition coefficient (Wildman–Crippen LogP) is 3.73. The van der Waals surface area contributed by atoms with Crippen molar-refractivity contribution < 1.29 is 16.0 Å². The number of allylic oxidation sites excluding steroid dienone is 4. The summed E-state index contributed by atoms with van der Waals surface area (Å²) in [4.78, 5) is 0. The molecule has 0 aliphatic heterocycles. The molecule has 0 N–H and O–H groups in total. The van der Waals surface area contributed by atoms with Crippen LogP contribution in [0.3, 0.4) is 0 Å². The van der Waals surface area contributed by atoms with E-state index in [1.807, 2.05) is 0 Å². The summed E-state index contributed by atoms with van der Waals surface area (Å²) in [5, 5.41) is 0. The molecule has 1 heteroatoms. The molecule has 0 aromatic heterocycles. The summed E-state index contributed by atoms with van der Waals surface area (Å²) in [5.41, 5.74) is 2.80. The van der Waals surface area contributed by atoms with Crippen molar-refractivity contribution in [2.24, 2.45) is 0 Å². The molecule has 1 aromatic rings. The van der Waals surface area contributed by atoms with E-state index in [2.05, 4.69) is 72.3 Å². The normalized spacial score (nSPS) is 16.2. The predicted molar refractivity (Wildman–Crippen MR) is 60.3 cm³/mol. The molecule has 1 aliphatic carbocycles. The van der Waals surface area contributed by atoms with Crippen LogP contribution in [0.5, 0.6) is 0 Å². The van der Waals surface area contributed by atoms with Gasteiger partial charge in [-0.2, -0.15) is 0 Å². The van der Waals surface area contributed by atoms with Crippen LogP contribution in [-0.2, 0) is 21.4 Å². The number of benzene rings is 1. The van der Waals surface area contributed by atoms with E-state index < -0.39 is 0 Å².